The van der Waals surface area contributed by atoms with Gasteiger partial charge in [-0.15, -0.1) is 0 Å². The molecule has 0 spiro atoms. The number of ether oxygens (including phenoxy) is 3. The van der Waals surface area contributed by atoms with Crippen LogP contribution in [0, 0.1) is 0 Å². The summed E-state index contributed by atoms with van der Waals surface area (Å²) in [7, 11) is 3.12. The Morgan fingerprint density at radius 1 is 1.33 bits per heavy atom. The summed E-state index contributed by atoms with van der Waals surface area (Å²) in [6.07, 6.45) is 0.180. The lowest BCUT2D eigenvalue weighted by atomic mass is 9.98. The van der Waals surface area contributed by atoms with Crippen LogP contribution in [-0.4, -0.2) is 55.7 Å². The van der Waals surface area contributed by atoms with E-state index < -0.39 is 17.4 Å². The number of methoxy groups -OCH3 is 2. The molecule has 1 unspecified atom stereocenters. The number of hydrogen-bond acceptors (Lipinski definition) is 5. The zero-order valence-electron chi connectivity index (χ0n) is 11.9. The number of carbonyl (C=O) groups excluding carboxylic acids is 1. The van der Waals surface area contributed by atoms with Gasteiger partial charge in [-0.05, 0) is 20.8 Å². The van der Waals surface area contributed by atoms with E-state index >= 15 is 0 Å². The molecule has 0 bridgehead atoms. The van der Waals surface area contributed by atoms with Crippen LogP contribution in [-0.2, 0) is 14.2 Å². The van der Waals surface area contributed by atoms with E-state index in [4.69, 9.17) is 19.9 Å². The first-order valence-corrected chi connectivity index (χ1v) is 6.08. The van der Waals surface area contributed by atoms with Gasteiger partial charge in [0.1, 0.15) is 5.60 Å². The maximum Gasteiger partial charge on any atom is 0.410 e. The first-order valence-electron chi connectivity index (χ1n) is 6.08. The number of carbonyl (C=O) groups is 1. The molecule has 1 amide bonds. The lowest BCUT2D eigenvalue weighted by molar-refractivity contribution is -0.237. The maximum absolute atomic E-state index is 11.9. The van der Waals surface area contributed by atoms with Crippen LogP contribution in [0.2, 0.25) is 0 Å². The summed E-state index contributed by atoms with van der Waals surface area (Å²) in [6.45, 7) is 6.37. The fourth-order valence-electron chi connectivity index (χ4n) is 2.03. The van der Waals surface area contributed by atoms with Crippen molar-refractivity contribution < 1.29 is 19.0 Å². The second kappa shape index (κ2) is 5.42. The van der Waals surface area contributed by atoms with Gasteiger partial charge in [-0.2, -0.15) is 0 Å². The van der Waals surface area contributed by atoms with E-state index in [9.17, 15) is 4.79 Å². The molecule has 1 heterocycles. The Kier molecular flexibility index (Phi) is 4.58. The van der Waals surface area contributed by atoms with Gasteiger partial charge in [-0.1, -0.05) is 0 Å². The molecule has 0 aromatic rings. The number of amides is 1. The topological polar surface area (TPSA) is 74.0 Å². The Morgan fingerprint density at radius 3 is 2.28 bits per heavy atom. The van der Waals surface area contributed by atoms with Crippen LogP contribution in [0.25, 0.3) is 0 Å². The Balaban J connectivity index is 2.63. The van der Waals surface area contributed by atoms with Crippen molar-refractivity contribution in [3.8, 4) is 0 Å². The minimum Gasteiger partial charge on any atom is -0.444 e. The highest BCUT2D eigenvalue weighted by atomic mass is 16.7. The first kappa shape index (κ1) is 15.2. The van der Waals surface area contributed by atoms with Gasteiger partial charge < -0.3 is 24.8 Å². The van der Waals surface area contributed by atoms with Crippen molar-refractivity contribution in [2.24, 2.45) is 5.73 Å². The van der Waals surface area contributed by atoms with Crippen molar-refractivity contribution in [2.45, 2.75) is 44.6 Å². The molecule has 18 heavy (non-hydrogen) atoms. The number of hydrogen-bond donors (Lipinski definition) is 1. The highest BCUT2D eigenvalue weighted by molar-refractivity contribution is 5.68. The van der Waals surface area contributed by atoms with E-state index in [0.29, 0.717) is 19.5 Å². The maximum atomic E-state index is 11.9. The van der Waals surface area contributed by atoms with E-state index in [1.807, 2.05) is 20.8 Å². The van der Waals surface area contributed by atoms with Crippen LogP contribution in [0.4, 0.5) is 4.79 Å². The molecule has 2 N–H and O–H groups in total. The van der Waals surface area contributed by atoms with Gasteiger partial charge in [-0.3, -0.25) is 0 Å². The van der Waals surface area contributed by atoms with Gasteiger partial charge in [0.2, 0.25) is 0 Å². The number of rotatable bonds is 2. The van der Waals surface area contributed by atoms with Crippen molar-refractivity contribution in [3.63, 3.8) is 0 Å². The fraction of sp³-hybridized carbons (Fsp3) is 0.917. The zero-order valence-corrected chi connectivity index (χ0v) is 11.9. The molecule has 106 valence electrons. The minimum atomic E-state index is -0.807. The van der Waals surface area contributed by atoms with Gasteiger partial charge in [0.25, 0.3) is 0 Å². The van der Waals surface area contributed by atoms with Gasteiger partial charge >= 0.3 is 6.09 Å². The summed E-state index contributed by atoms with van der Waals surface area (Å²) in [6, 6.07) is -0.395. The third-order valence-electron chi connectivity index (χ3n) is 3.05. The molecule has 0 radical (unpaired) electrons. The smallest absolute Gasteiger partial charge is 0.410 e. The first-order chi connectivity index (χ1) is 8.24. The Bertz CT molecular complexity index is 297. The number of nitrogens with zero attached hydrogens (tertiary/aromatic N) is 1. The Labute approximate surface area is 108 Å². The highest BCUT2D eigenvalue weighted by Crippen LogP contribution is 2.26. The summed E-state index contributed by atoms with van der Waals surface area (Å²) in [4.78, 5) is 13.5. The predicted octanol–water partition coefficient (Wildman–Crippen LogP) is 0.944. The van der Waals surface area contributed by atoms with Crippen molar-refractivity contribution in [3.05, 3.63) is 0 Å². The van der Waals surface area contributed by atoms with E-state index in [2.05, 4.69) is 0 Å². The minimum absolute atomic E-state index is 0.348. The van der Waals surface area contributed by atoms with Gasteiger partial charge in [0.05, 0.1) is 6.04 Å². The number of likely N-dealkylation sites (tertiary alicyclic amines) is 1. The molecule has 0 aromatic heterocycles. The third-order valence-corrected chi connectivity index (χ3v) is 3.05. The molecule has 1 atom stereocenters. The van der Waals surface area contributed by atoms with E-state index in [1.54, 1.807) is 19.1 Å². The van der Waals surface area contributed by atoms with Crippen LogP contribution in [0.5, 0.6) is 0 Å². The van der Waals surface area contributed by atoms with E-state index in [-0.39, 0.29) is 6.09 Å². The molecule has 6 heteroatoms. The summed E-state index contributed by atoms with van der Waals surface area (Å²) < 4.78 is 16.0. The van der Waals surface area contributed by atoms with Crippen LogP contribution < -0.4 is 5.73 Å². The van der Waals surface area contributed by atoms with E-state index in [1.165, 1.54) is 0 Å². The molecule has 1 fully saturated rings. The molecule has 6 nitrogen and oxygen atoms in total. The fourth-order valence-corrected chi connectivity index (χ4v) is 2.03. The molecule has 1 rings (SSSR count). The number of nitrogens with two attached hydrogens (primary N) is 1. The van der Waals surface area contributed by atoms with Gasteiger partial charge in [-0.25, -0.2) is 4.79 Å². The molecule has 0 aliphatic carbocycles. The van der Waals surface area contributed by atoms with Crippen LogP contribution >= 0.6 is 0 Å². The number of piperidine rings is 1. The Morgan fingerprint density at radius 2 is 1.89 bits per heavy atom. The quantitative estimate of drug-likeness (QED) is 0.748. The standard InChI is InChI=1S/C12H24N2O4/c1-11(2,3)18-10(15)14-7-6-12(16-4,17-5)9(13)8-14/h9H,6-8,13H2,1-5H3. The van der Waals surface area contributed by atoms with Crippen LogP contribution in [0.3, 0.4) is 0 Å². The molecule has 0 saturated carbocycles. The van der Waals surface area contributed by atoms with Gasteiger partial charge in [0.15, 0.2) is 5.79 Å². The summed E-state index contributed by atoms with van der Waals surface area (Å²) in [5.74, 6) is -0.807. The monoisotopic (exact) mass is 260 g/mol. The summed E-state index contributed by atoms with van der Waals surface area (Å²) >= 11 is 0. The molecule has 0 aromatic carbocycles. The molecule has 1 aliphatic heterocycles. The predicted molar refractivity (Wildman–Crippen MR) is 67.1 cm³/mol. The lowest BCUT2D eigenvalue weighted by Crippen LogP contribution is -2.62. The average molecular weight is 260 g/mol. The van der Waals surface area contributed by atoms with Crippen molar-refractivity contribution >= 4 is 6.09 Å². The van der Waals surface area contributed by atoms with Crippen LogP contribution in [0.1, 0.15) is 27.2 Å². The van der Waals surface area contributed by atoms with Crippen molar-refractivity contribution in [2.75, 3.05) is 27.3 Å². The van der Waals surface area contributed by atoms with Crippen LogP contribution in [0.15, 0.2) is 0 Å². The SMILES string of the molecule is COC1(OC)CCN(C(=O)OC(C)(C)C)CC1N. The molecular formula is C12H24N2O4. The largest absolute Gasteiger partial charge is 0.444 e. The average Bonchev–Trinajstić information content (AvgIpc) is 2.27. The zero-order chi connectivity index (χ0) is 14.0. The normalized spacial score (nSPS) is 23.9. The second-order valence-electron chi connectivity index (χ2n) is 5.50. The molecular weight excluding hydrogens is 236 g/mol. The molecule has 1 aliphatic rings. The van der Waals surface area contributed by atoms with Crippen molar-refractivity contribution in [1.29, 1.82) is 0 Å². The van der Waals surface area contributed by atoms with E-state index in [0.717, 1.165) is 0 Å². The second-order valence-corrected chi connectivity index (χ2v) is 5.50. The highest BCUT2D eigenvalue weighted by Gasteiger charge is 2.43. The van der Waals surface area contributed by atoms with Gasteiger partial charge in [0, 0.05) is 33.7 Å². The lowest BCUT2D eigenvalue weighted by Gasteiger charge is -2.44. The summed E-state index contributed by atoms with van der Waals surface area (Å²) in [5.41, 5.74) is 5.53. The molecule has 1 saturated heterocycles. The summed E-state index contributed by atoms with van der Waals surface area (Å²) in [5, 5.41) is 0. The third kappa shape index (κ3) is 3.34. The Hall–Kier alpha value is -0.850. The van der Waals surface area contributed by atoms with Crippen molar-refractivity contribution in [1.82, 2.24) is 4.90 Å².